The van der Waals surface area contributed by atoms with Crippen molar-refractivity contribution in [1.29, 1.82) is 0 Å². The van der Waals surface area contributed by atoms with Crippen molar-refractivity contribution in [2.24, 2.45) is 0 Å². The van der Waals surface area contributed by atoms with E-state index in [1.54, 1.807) is 6.08 Å². The molecule has 0 radical (unpaired) electrons. The number of methoxy groups -OCH3 is 1. The maximum atomic E-state index is 11.9. The van der Waals surface area contributed by atoms with Crippen molar-refractivity contribution in [3.8, 4) is 0 Å². The molecule has 0 aliphatic carbocycles. The van der Waals surface area contributed by atoms with Crippen molar-refractivity contribution < 1.29 is 18.8 Å². The van der Waals surface area contributed by atoms with E-state index in [2.05, 4.69) is 6.58 Å². The second-order valence-corrected chi connectivity index (χ2v) is 6.13. The fourth-order valence-electron chi connectivity index (χ4n) is 2.11. The highest BCUT2D eigenvalue weighted by Crippen LogP contribution is 2.38. The van der Waals surface area contributed by atoms with Crippen LogP contribution in [0.4, 0.5) is 0 Å². The average molecular weight is 280 g/mol. The molecule has 0 saturated carbocycles. The van der Waals surface area contributed by atoms with Crippen LogP contribution in [0.2, 0.25) is 6.32 Å². The van der Waals surface area contributed by atoms with Crippen molar-refractivity contribution in [1.82, 2.24) is 0 Å². The van der Waals surface area contributed by atoms with E-state index < -0.39 is 18.3 Å². The number of carbonyl (C=O) groups excluding carboxylic acids is 1. The van der Waals surface area contributed by atoms with Crippen LogP contribution in [0.5, 0.6) is 0 Å². The van der Waals surface area contributed by atoms with E-state index in [1.807, 2.05) is 34.6 Å². The van der Waals surface area contributed by atoms with Crippen LogP contribution in [0.3, 0.4) is 0 Å². The Morgan fingerprint density at radius 1 is 1.25 bits per heavy atom. The molecule has 1 saturated heterocycles. The SMILES string of the molecule is C=CC/C(C)=C(\CB1OC(C)(C)C(C)(C)O1)C(=O)OC. The van der Waals surface area contributed by atoms with Crippen molar-refractivity contribution in [3.63, 3.8) is 0 Å². The van der Waals surface area contributed by atoms with E-state index in [1.165, 1.54) is 7.11 Å². The van der Waals surface area contributed by atoms with Crippen LogP contribution in [0, 0.1) is 0 Å². The predicted octanol–water partition coefficient (Wildman–Crippen LogP) is 3.14. The lowest BCUT2D eigenvalue weighted by Crippen LogP contribution is -2.41. The maximum absolute atomic E-state index is 11.9. The number of hydrogen-bond donors (Lipinski definition) is 0. The quantitative estimate of drug-likeness (QED) is 0.336. The Bertz CT molecular complexity index is 408. The molecule has 1 rings (SSSR count). The fraction of sp³-hybridized carbons (Fsp3) is 0.667. The Hall–Kier alpha value is -1.07. The third-order valence-electron chi connectivity index (χ3n) is 4.07. The first-order valence-corrected chi connectivity index (χ1v) is 6.88. The number of carbonyl (C=O) groups is 1. The molecule has 0 amide bonds. The second kappa shape index (κ2) is 6.14. The van der Waals surface area contributed by atoms with E-state index in [4.69, 9.17) is 14.0 Å². The van der Waals surface area contributed by atoms with E-state index in [9.17, 15) is 4.79 Å². The summed E-state index contributed by atoms with van der Waals surface area (Å²) >= 11 is 0. The van der Waals surface area contributed by atoms with Crippen molar-refractivity contribution in [3.05, 3.63) is 23.8 Å². The topological polar surface area (TPSA) is 44.8 Å². The van der Waals surface area contributed by atoms with Crippen LogP contribution in [0.15, 0.2) is 23.8 Å². The van der Waals surface area contributed by atoms with Crippen LogP contribution in [0.1, 0.15) is 41.0 Å². The Morgan fingerprint density at radius 3 is 2.15 bits per heavy atom. The molecule has 0 atom stereocenters. The van der Waals surface area contributed by atoms with Gasteiger partial charge in [-0.25, -0.2) is 4.79 Å². The summed E-state index contributed by atoms with van der Waals surface area (Å²) in [7, 11) is 0.946. The van der Waals surface area contributed by atoms with Crippen LogP contribution < -0.4 is 0 Å². The number of allylic oxidation sites excluding steroid dienone is 2. The molecule has 0 aromatic heterocycles. The summed E-state index contributed by atoms with van der Waals surface area (Å²) in [6, 6.07) is 0. The Labute approximate surface area is 122 Å². The third kappa shape index (κ3) is 3.52. The van der Waals surface area contributed by atoms with Crippen LogP contribution in [0.25, 0.3) is 0 Å². The molecule has 5 heteroatoms. The summed E-state index contributed by atoms with van der Waals surface area (Å²) in [6.45, 7) is 13.6. The molecule has 4 nitrogen and oxygen atoms in total. The van der Waals surface area contributed by atoms with Crippen molar-refractivity contribution in [2.45, 2.75) is 58.6 Å². The molecular formula is C15H25BO4. The van der Waals surface area contributed by atoms with Crippen molar-refractivity contribution in [2.75, 3.05) is 7.11 Å². The summed E-state index contributed by atoms with van der Waals surface area (Å²) in [5.74, 6) is -0.334. The third-order valence-corrected chi connectivity index (χ3v) is 4.07. The lowest BCUT2D eigenvalue weighted by atomic mass is 9.78. The summed E-state index contributed by atoms with van der Waals surface area (Å²) < 4.78 is 16.7. The van der Waals surface area contributed by atoms with Gasteiger partial charge in [0.05, 0.1) is 18.3 Å². The smallest absolute Gasteiger partial charge is 0.462 e. The van der Waals surface area contributed by atoms with Crippen LogP contribution in [-0.2, 0) is 18.8 Å². The van der Waals surface area contributed by atoms with Gasteiger partial charge in [0.1, 0.15) is 0 Å². The van der Waals surface area contributed by atoms with Gasteiger partial charge in [-0.1, -0.05) is 11.6 Å². The molecule has 1 aliphatic rings. The molecular weight excluding hydrogens is 255 g/mol. The Balaban J connectivity index is 2.91. The molecule has 0 aromatic carbocycles. The van der Waals surface area contributed by atoms with Gasteiger partial charge < -0.3 is 14.0 Å². The Kier molecular flexibility index (Phi) is 5.22. The van der Waals surface area contributed by atoms with Crippen LogP contribution in [-0.4, -0.2) is 31.4 Å². The average Bonchev–Trinajstić information content (AvgIpc) is 2.54. The predicted molar refractivity (Wildman–Crippen MR) is 80.4 cm³/mol. The monoisotopic (exact) mass is 280 g/mol. The second-order valence-electron chi connectivity index (χ2n) is 6.13. The molecule has 112 valence electrons. The van der Waals surface area contributed by atoms with Gasteiger partial charge in [-0.3, -0.25) is 0 Å². The molecule has 1 fully saturated rings. The Morgan fingerprint density at radius 2 is 1.75 bits per heavy atom. The van der Waals surface area contributed by atoms with Crippen LogP contribution >= 0.6 is 0 Å². The first-order chi connectivity index (χ1) is 9.14. The van der Waals surface area contributed by atoms with E-state index >= 15 is 0 Å². The highest BCUT2D eigenvalue weighted by molar-refractivity contribution is 6.47. The molecule has 0 N–H and O–H groups in total. The normalized spacial score (nSPS) is 21.4. The molecule has 1 heterocycles. The molecule has 0 bridgehead atoms. The van der Waals surface area contributed by atoms with Gasteiger partial charge in [-0.2, -0.15) is 0 Å². The first-order valence-electron chi connectivity index (χ1n) is 6.88. The highest BCUT2D eigenvalue weighted by atomic mass is 16.7. The zero-order valence-electron chi connectivity index (χ0n) is 13.4. The molecule has 1 aliphatic heterocycles. The van der Waals surface area contributed by atoms with Gasteiger partial charge in [0.15, 0.2) is 0 Å². The minimum Gasteiger partial charge on any atom is -0.466 e. The lowest BCUT2D eigenvalue weighted by molar-refractivity contribution is -0.136. The minimum absolute atomic E-state index is 0.334. The van der Waals surface area contributed by atoms with E-state index in [-0.39, 0.29) is 5.97 Å². The fourth-order valence-corrected chi connectivity index (χ4v) is 2.11. The number of esters is 1. The molecule has 0 spiro atoms. The summed E-state index contributed by atoms with van der Waals surface area (Å²) in [6.07, 6.45) is 2.80. The first kappa shape index (κ1) is 17.0. The highest BCUT2D eigenvalue weighted by Gasteiger charge is 2.51. The van der Waals surface area contributed by atoms with Gasteiger partial charge in [0, 0.05) is 11.9 Å². The minimum atomic E-state index is -0.436. The van der Waals surface area contributed by atoms with E-state index in [0.717, 1.165) is 5.57 Å². The summed E-state index contributed by atoms with van der Waals surface area (Å²) in [4.78, 5) is 11.9. The summed E-state index contributed by atoms with van der Waals surface area (Å²) in [5.41, 5.74) is 0.740. The van der Waals surface area contributed by atoms with Gasteiger partial charge in [-0.05, 0) is 41.0 Å². The standard InChI is InChI=1S/C15H25BO4/c1-8-9-11(2)12(13(17)18-7)10-16-19-14(3,4)15(5,6)20-16/h8H,1,9-10H2,2-7H3/b12-11+. The van der Waals surface area contributed by atoms with Gasteiger partial charge in [0.25, 0.3) is 0 Å². The molecule has 0 unspecified atom stereocenters. The summed E-state index contributed by atoms with van der Waals surface area (Å²) in [5, 5.41) is 0. The number of rotatable bonds is 5. The zero-order chi connectivity index (χ0) is 15.6. The van der Waals surface area contributed by atoms with E-state index in [0.29, 0.717) is 18.3 Å². The van der Waals surface area contributed by atoms with Gasteiger partial charge in [0.2, 0.25) is 0 Å². The lowest BCUT2D eigenvalue weighted by Gasteiger charge is -2.32. The molecule has 20 heavy (non-hydrogen) atoms. The maximum Gasteiger partial charge on any atom is 0.462 e. The largest absolute Gasteiger partial charge is 0.466 e. The number of hydrogen-bond acceptors (Lipinski definition) is 4. The van der Waals surface area contributed by atoms with Gasteiger partial charge in [-0.15, -0.1) is 6.58 Å². The molecule has 0 aromatic rings. The zero-order valence-corrected chi connectivity index (χ0v) is 13.4. The number of ether oxygens (including phenoxy) is 1. The van der Waals surface area contributed by atoms with Crippen molar-refractivity contribution >= 4 is 13.1 Å². The van der Waals surface area contributed by atoms with Gasteiger partial charge >= 0.3 is 13.1 Å².